The van der Waals surface area contributed by atoms with Crippen molar-refractivity contribution < 1.29 is 9.47 Å². The predicted octanol–water partition coefficient (Wildman–Crippen LogP) is 2.74. The van der Waals surface area contributed by atoms with E-state index in [9.17, 15) is 0 Å². The zero-order valence-corrected chi connectivity index (χ0v) is 12.2. The lowest BCUT2D eigenvalue weighted by Crippen LogP contribution is -2.63. The summed E-state index contributed by atoms with van der Waals surface area (Å²) < 4.78 is 11.9. The molecule has 2 aliphatic rings. The molecule has 106 valence electrons. The molecule has 1 saturated heterocycles. The highest BCUT2D eigenvalue weighted by molar-refractivity contribution is 5.06. The lowest BCUT2D eigenvalue weighted by atomic mass is 9.58. The van der Waals surface area contributed by atoms with Gasteiger partial charge in [-0.15, -0.1) is 0 Å². The molecule has 0 bridgehead atoms. The average Bonchev–Trinajstić information content (AvgIpc) is 2.41. The monoisotopic (exact) mass is 255 g/mol. The van der Waals surface area contributed by atoms with E-state index in [0.29, 0.717) is 23.7 Å². The van der Waals surface area contributed by atoms with Gasteiger partial charge in [0.1, 0.15) is 0 Å². The fourth-order valence-corrected chi connectivity index (χ4v) is 3.75. The molecular weight excluding hydrogens is 226 g/mol. The van der Waals surface area contributed by atoms with E-state index >= 15 is 0 Å². The second kappa shape index (κ2) is 6.36. The molecular formula is C15H29NO2. The van der Waals surface area contributed by atoms with Crippen molar-refractivity contribution in [3.63, 3.8) is 0 Å². The van der Waals surface area contributed by atoms with Crippen LogP contribution in [0.4, 0.5) is 0 Å². The first-order valence-corrected chi connectivity index (χ1v) is 7.67. The highest BCUT2D eigenvalue weighted by atomic mass is 16.5. The first-order valence-electron chi connectivity index (χ1n) is 7.67. The van der Waals surface area contributed by atoms with Crippen molar-refractivity contribution in [3.05, 3.63) is 0 Å². The first-order chi connectivity index (χ1) is 8.76. The quantitative estimate of drug-likeness (QED) is 0.791. The van der Waals surface area contributed by atoms with Crippen LogP contribution >= 0.6 is 0 Å². The molecule has 3 atom stereocenters. The van der Waals surface area contributed by atoms with Gasteiger partial charge in [-0.3, -0.25) is 0 Å². The lowest BCUT2D eigenvalue weighted by molar-refractivity contribution is -0.162. The van der Waals surface area contributed by atoms with Crippen LogP contribution < -0.4 is 5.32 Å². The molecule has 0 radical (unpaired) electrons. The van der Waals surface area contributed by atoms with Crippen molar-refractivity contribution in [1.29, 1.82) is 0 Å². The molecule has 1 heterocycles. The van der Waals surface area contributed by atoms with E-state index in [2.05, 4.69) is 26.2 Å². The van der Waals surface area contributed by atoms with Gasteiger partial charge in [0.2, 0.25) is 0 Å². The zero-order valence-electron chi connectivity index (χ0n) is 12.2. The highest BCUT2D eigenvalue weighted by Crippen LogP contribution is 2.48. The Kier molecular flexibility index (Phi) is 5.05. The van der Waals surface area contributed by atoms with Crippen LogP contribution in [0.15, 0.2) is 0 Å². The Bertz CT molecular complexity index is 247. The molecule has 1 aliphatic heterocycles. The minimum Gasteiger partial charge on any atom is -0.376 e. The Labute approximate surface area is 112 Å². The molecule has 3 unspecified atom stereocenters. The Hall–Kier alpha value is -0.120. The summed E-state index contributed by atoms with van der Waals surface area (Å²) in [5, 5.41) is 3.45. The smallest absolute Gasteiger partial charge is 0.0808 e. The number of hydrogen-bond donors (Lipinski definition) is 1. The average molecular weight is 255 g/mol. The second-order valence-electron chi connectivity index (χ2n) is 5.83. The van der Waals surface area contributed by atoms with E-state index in [-0.39, 0.29) is 0 Å². The minimum atomic E-state index is 0.346. The predicted molar refractivity (Wildman–Crippen MR) is 73.8 cm³/mol. The maximum absolute atomic E-state index is 6.18. The van der Waals surface area contributed by atoms with Gasteiger partial charge in [0, 0.05) is 18.1 Å². The maximum atomic E-state index is 6.18. The summed E-state index contributed by atoms with van der Waals surface area (Å²) in [5.41, 5.74) is 0.351. The fourth-order valence-electron chi connectivity index (χ4n) is 3.75. The van der Waals surface area contributed by atoms with Crippen LogP contribution in [0.2, 0.25) is 0 Å². The molecule has 0 aromatic rings. The topological polar surface area (TPSA) is 30.5 Å². The first kappa shape index (κ1) is 14.3. The zero-order chi connectivity index (χ0) is 13.0. The summed E-state index contributed by atoms with van der Waals surface area (Å²) >= 11 is 0. The Morgan fingerprint density at radius 2 is 2.06 bits per heavy atom. The number of hydrogen-bond acceptors (Lipinski definition) is 3. The second-order valence-corrected chi connectivity index (χ2v) is 5.83. The van der Waals surface area contributed by atoms with E-state index in [1.807, 2.05) is 0 Å². The van der Waals surface area contributed by atoms with Crippen molar-refractivity contribution >= 4 is 0 Å². The normalized spacial score (nSPS) is 35.2. The van der Waals surface area contributed by atoms with Crippen molar-refractivity contribution in [3.8, 4) is 0 Å². The van der Waals surface area contributed by atoms with Crippen molar-refractivity contribution in [2.45, 2.75) is 70.6 Å². The third-order valence-corrected chi connectivity index (χ3v) is 5.21. The van der Waals surface area contributed by atoms with Crippen molar-refractivity contribution in [2.75, 3.05) is 20.3 Å². The SMILES string of the molecule is CCC1(CC)C(NC)CC1OCC1CCCCO1. The van der Waals surface area contributed by atoms with Gasteiger partial charge in [-0.2, -0.15) is 0 Å². The van der Waals surface area contributed by atoms with Crippen LogP contribution in [-0.2, 0) is 9.47 Å². The van der Waals surface area contributed by atoms with Gasteiger partial charge in [-0.05, 0) is 45.6 Å². The molecule has 0 aromatic carbocycles. The molecule has 1 saturated carbocycles. The largest absolute Gasteiger partial charge is 0.376 e. The minimum absolute atomic E-state index is 0.346. The van der Waals surface area contributed by atoms with Gasteiger partial charge >= 0.3 is 0 Å². The Morgan fingerprint density at radius 3 is 2.61 bits per heavy atom. The fraction of sp³-hybridized carbons (Fsp3) is 1.00. The Morgan fingerprint density at radius 1 is 1.28 bits per heavy atom. The third-order valence-electron chi connectivity index (χ3n) is 5.21. The van der Waals surface area contributed by atoms with Crippen LogP contribution in [0, 0.1) is 5.41 Å². The van der Waals surface area contributed by atoms with Gasteiger partial charge in [-0.25, -0.2) is 0 Å². The van der Waals surface area contributed by atoms with E-state index < -0.39 is 0 Å². The molecule has 18 heavy (non-hydrogen) atoms. The highest BCUT2D eigenvalue weighted by Gasteiger charge is 2.52. The standard InChI is InChI=1S/C15H29NO2/c1-4-15(5-2)13(16-3)10-14(15)18-11-12-8-6-7-9-17-12/h12-14,16H,4-11H2,1-3H3. The van der Waals surface area contributed by atoms with Crippen LogP contribution in [0.5, 0.6) is 0 Å². The van der Waals surface area contributed by atoms with E-state index in [4.69, 9.17) is 9.47 Å². The lowest BCUT2D eigenvalue weighted by Gasteiger charge is -2.55. The van der Waals surface area contributed by atoms with E-state index in [1.54, 1.807) is 0 Å². The molecule has 0 aromatic heterocycles. The van der Waals surface area contributed by atoms with Gasteiger partial charge < -0.3 is 14.8 Å². The van der Waals surface area contributed by atoms with Gasteiger partial charge in [0.25, 0.3) is 0 Å². The summed E-state index contributed by atoms with van der Waals surface area (Å²) in [7, 11) is 2.07. The van der Waals surface area contributed by atoms with E-state index in [1.165, 1.54) is 32.1 Å². The van der Waals surface area contributed by atoms with Gasteiger partial charge in [0.05, 0.1) is 18.8 Å². The van der Waals surface area contributed by atoms with Crippen LogP contribution in [-0.4, -0.2) is 38.5 Å². The Balaban J connectivity index is 1.82. The number of ether oxygens (including phenoxy) is 2. The molecule has 2 fully saturated rings. The number of nitrogens with one attached hydrogen (secondary N) is 1. The number of rotatable bonds is 6. The van der Waals surface area contributed by atoms with Gasteiger partial charge in [0.15, 0.2) is 0 Å². The molecule has 3 nitrogen and oxygen atoms in total. The summed E-state index contributed by atoms with van der Waals surface area (Å²) in [6.07, 6.45) is 8.02. The maximum Gasteiger partial charge on any atom is 0.0808 e. The molecule has 0 amide bonds. The van der Waals surface area contributed by atoms with Crippen LogP contribution in [0.3, 0.4) is 0 Å². The van der Waals surface area contributed by atoms with Crippen LogP contribution in [0.25, 0.3) is 0 Å². The molecule has 0 spiro atoms. The summed E-state index contributed by atoms with van der Waals surface area (Å²) in [4.78, 5) is 0. The van der Waals surface area contributed by atoms with Crippen molar-refractivity contribution in [1.82, 2.24) is 5.32 Å². The molecule has 3 heteroatoms. The molecule has 1 N–H and O–H groups in total. The summed E-state index contributed by atoms with van der Waals surface area (Å²) in [5.74, 6) is 0. The summed E-state index contributed by atoms with van der Waals surface area (Å²) in [6.45, 7) is 6.30. The van der Waals surface area contributed by atoms with E-state index in [0.717, 1.165) is 19.6 Å². The third kappa shape index (κ3) is 2.59. The molecule has 1 aliphatic carbocycles. The molecule has 2 rings (SSSR count). The van der Waals surface area contributed by atoms with Crippen molar-refractivity contribution in [2.24, 2.45) is 5.41 Å². The van der Waals surface area contributed by atoms with Gasteiger partial charge in [-0.1, -0.05) is 13.8 Å². The summed E-state index contributed by atoms with van der Waals surface area (Å²) in [6, 6.07) is 0.629. The van der Waals surface area contributed by atoms with Crippen LogP contribution in [0.1, 0.15) is 52.4 Å².